The monoisotopic (exact) mass is 364 g/mol. The fourth-order valence-corrected chi connectivity index (χ4v) is 3.21. The molecule has 6 nitrogen and oxygen atoms in total. The molecule has 0 amide bonds. The van der Waals surface area contributed by atoms with Crippen LogP contribution in [-0.2, 0) is 20.0 Å². The molecule has 0 unspecified atom stereocenters. The van der Waals surface area contributed by atoms with Crippen molar-refractivity contribution in [2.75, 3.05) is 19.8 Å². The highest BCUT2D eigenvalue weighted by Crippen LogP contribution is 2.34. The molecule has 0 aliphatic carbocycles. The van der Waals surface area contributed by atoms with Crippen LogP contribution < -0.4 is 14.8 Å². The van der Waals surface area contributed by atoms with E-state index in [0.717, 1.165) is 59.9 Å². The lowest BCUT2D eigenvalue weighted by Gasteiger charge is -2.10. The van der Waals surface area contributed by atoms with Gasteiger partial charge in [-0.2, -0.15) is 5.10 Å². The zero-order chi connectivity index (χ0) is 18.5. The summed E-state index contributed by atoms with van der Waals surface area (Å²) in [5.74, 6) is 1.60. The summed E-state index contributed by atoms with van der Waals surface area (Å²) in [7, 11) is 1.95. The predicted octanol–water partition coefficient (Wildman–Crippen LogP) is 2.98. The zero-order valence-corrected chi connectivity index (χ0v) is 15.5. The first-order valence-corrected chi connectivity index (χ1v) is 9.33. The van der Waals surface area contributed by atoms with Crippen molar-refractivity contribution < 1.29 is 9.47 Å². The van der Waals surface area contributed by atoms with Gasteiger partial charge in [0.25, 0.3) is 0 Å². The smallest absolute Gasteiger partial charge is 0.161 e. The van der Waals surface area contributed by atoms with Gasteiger partial charge in [0.2, 0.25) is 0 Å². The fraction of sp³-hybridized carbons (Fsp3) is 0.333. The lowest BCUT2D eigenvalue weighted by Crippen LogP contribution is -2.17. The van der Waals surface area contributed by atoms with E-state index in [4.69, 9.17) is 9.47 Å². The van der Waals surface area contributed by atoms with Crippen LogP contribution in [0.5, 0.6) is 11.5 Å². The Bertz CT molecular complexity index is 892. The first-order chi connectivity index (χ1) is 13.3. The van der Waals surface area contributed by atoms with E-state index in [1.165, 1.54) is 0 Å². The molecule has 0 atom stereocenters. The van der Waals surface area contributed by atoms with Crippen LogP contribution in [0.15, 0.2) is 48.8 Å². The zero-order valence-electron chi connectivity index (χ0n) is 15.5. The number of fused-ring (bicyclic) bond motifs is 1. The molecular weight excluding hydrogens is 340 g/mol. The number of ether oxygens (including phenoxy) is 2. The Labute approximate surface area is 159 Å². The molecular formula is C21H24N4O2. The molecule has 1 aliphatic heterocycles. The summed E-state index contributed by atoms with van der Waals surface area (Å²) in [4.78, 5) is 4.36. The summed E-state index contributed by atoms with van der Waals surface area (Å²) >= 11 is 0. The largest absolute Gasteiger partial charge is 0.490 e. The molecule has 27 heavy (non-hydrogen) atoms. The van der Waals surface area contributed by atoms with Crippen LogP contribution in [0.1, 0.15) is 17.7 Å². The van der Waals surface area contributed by atoms with Crippen molar-refractivity contribution in [1.82, 2.24) is 20.1 Å². The second kappa shape index (κ2) is 8.22. The van der Waals surface area contributed by atoms with E-state index in [-0.39, 0.29) is 0 Å². The van der Waals surface area contributed by atoms with Crippen molar-refractivity contribution in [3.8, 4) is 22.8 Å². The molecule has 3 heterocycles. The lowest BCUT2D eigenvalue weighted by atomic mass is 10.1. The lowest BCUT2D eigenvalue weighted by molar-refractivity contribution is 0.297. The van der Waals surface area contributed by atoms with Gasteiger partial charge < -0.3 is 14.8 Å². The molecule has 4 rings (SSSR count). The Hall–Kier alpha value is -2.86. The molecule has 1 N–H and O–H groups in total. The van der Waals surface area contributed by atoms with Gasteiger partial charge in [-0.25, -0.2) is 0 Å². The van der Waals surface area contributed by atoms with Gasteiger partial charge in [-0.1, -0.05) is 6.07 Å². The number of hydrogen-bond donors (Lipinski definition) is 1. The average Bonchev–Trinajstić information content (AvgIpc) is 2.91. The molecule has 6 heteroatoms. The van der Waals surface area contributed by atoms with Crippen LogP contribution in [0.2, 0.25) is 0 Å². The quantitative estimate of drug-likeness (QED) is 0.682. The fourth-order valence-electron chi connectivity index (χ4n) is 3.21. The van der Waals surface area contributed by atoms with Gasteiger partial charge in [0, 0.05) is 62.2 Å². The molecule has 0 bridgehead atoms. The van der Waals surface area contributed by atoms with Crippen LogP contribution in [0.25, 0.3) is 11.3 Å². The third-order valence-electron chi connectivity index (χ3n) is 4.53. The second-order valence-electron chi connectivity index (χ2n) is 6.64. The summed E-state index contributed by atoms with van der Waals surface area (Å²) in [6, 6.07) is 12.1. The van der Waals surface area contributed by atoms with Crippen LogP contribution in [0.4, 0.5) is 0 Å². The highest BCUT2D eigenvalue weighted by Gasteiger charge is 2.15. The van der Waals surface area contributed by atoms with E-state index >= 15 is 0 Å². The minimum absolute atomic E-state index is 0.681. The number of nitrogens with one attached hydrogen (secondary N) is 1. The first-order valence-electron chi connectivity index (χ1n) is 9.33. The maximum absolute atomic E-state index is 5.82. The number of benzene rings is 1. The summed E-state index contributed by atoms with van der Waals surface area (Å²) in [5.41, 5.74) is 4.27. The van der Waals surface area contributed by atoms with Gasteiger partial charge in [0.15, 0.2) is 11.5 Å². The van der Waals surface area contributed by atoms with Crippen molar-refractivity contribution >= 4 is 0 Å². The van der Waals surface area contributed by atoms with Crippen molar-refractivity contribution in [2.45, 2.75) is 19.4 Å². The number of aromatic nitrogens is 3. The van der Waals surface area contributed by atoms with Crippen LogP contribution in [-0.4, -0.2) is 34.5 Å². The third kappa shape index (κ3) is 4.28. The van der Waals surface area contributed by atoms with E-state index in [2.05, 4.69) is 27.7 Å². The van der Waals surface area contributed by atoms with Gasteiger partial charge in [-0.3, -0.25) is 9.67 Å². The summed E-state index contributed by atoms with van der Waals surface area (Å²) in [5, 5.41) is 8.15. The van der Waals surface area contributed by atoms with E-state index in [9.17, 15) is 0 Å². The number of rotatable bonds is 6. The molecule has 0 saturated heterocycles. The third-order valence-corrected chi connectivity index (χ3v) is 4.53. The number of nitrogens with zero attached hydrogens (tertiary/aromatic N) is 3. The second-order valence-corrected chi connectivity index (χ2v) is 6.64. The van der Waals surface area contributed by atoms with Crippen molar-refractivity contribution in [3.63, 3.8) is 0 Å². The van der Waals surface area contributed by atoms with Crippen molar-refractivity contribution in [2.24, 2.45) is 7.05 Å². The SMILES string of the molecule is Cn1cc(CNCCc2ccccn2)c(-c2ccc3c(c2)OCCCO3)n1. The minimum Gasteiger partial charge on any atom is -0.490 e. The Kier molecular flexibility index (Phi) is 5.34. The highest BCUT2D eigenvalue weighted by atomic mass is 16.5. The standard InChI is InChI=1S/C21H24N4O2/c1-25-15-17(14-22-10-8-18-5-2-3-9-23-18)21(24-25)16-6-7-19-20(13-16)27-12-4-11-26-19/h2-3,5-7,9,13,15,22H,4,8,10-12,14H2,1H3. The Morgan fingerprint density at radius 2 is 2.00 bits per heavy atom. The predicted molar refractivity (Wildman–Crippen MR) is 104 cm³/mol. The Balaban J connectivity index is 1.45. The van der Waals surface area contributed by atoms with Gasteiger partial charge in [-0.15, -0.1) is 0 Å². The summed E-state index contributed by atoms with van der Waals surface area (Å²) < 4.78 is 13.4. The summed E-state index contributed by atoms with van der Waals surface area (Å²) in [6.07, 6.45) is 5.70. The normalized spacial score (nSPS) is 13.4. The van der Waals surface area contributed by atoms with Gasteiger partial charge in [-0.05, 0) is 30.3 Å². The van der Waals surface area contributed by atoms with E-state index in [1.54, 1.807) is 0 Å². The molecule has 0 fully saturated rings. The number of pyridine rings is 1. The molecule has 140 valence electrons. The molecule has 1 aromatic carbocycles. The van der Waals surface area contributed by atoms with Crippen LogP contribution >= 0.6 is 0 Å². The van der Waals surface area contributed by atoms with Crippen molar-refractivity contribution in [3.05, 3.63) is 60.0 Å². The Morgan fingerprint density at radius 1 is 1.11 bits per heavy atom. The topological polar surface area (TPSA) is 61.2 Å². The van der Waals surface area contributed by atoms with E-state index in [1.807, 2.05) is 48.3 Å². The highest BCUT2D eigenvalue weighted by molar-refractivity contribution is 5.66. The molecule has 0 radical (unpaired) electrons. The van der Waals surface area contributed by atoms with E-state index < -0.39 is 0 Å². The van der Waals surface area contributed by atoms with Crippen LogP contribution in [0.3, 0.4) is 0 Å². The average molecular weight is 364 g/mol. The molecule has 0 saturated carbocycles. The summed E-state index contributed by atoms with van der Waals surface area (Å²) in [6.45, 7) is 3.00. The van der Waals surface area contributed by atoms with Gasteiger partial charge in [0.1, 0.15) is 0 Å². The molecule has 3 aromatic rings. The molecule has 1 aliphatic rings. The van der Waals surface area contributed by atoms with Gasteiger partial charge in [0.05, 0.1) is 18.9 Å². The number of aryl methyl sites for hydroxylation is 1. The molecule has 0 spiro atoms. The van der Waals surface area contributed by atoms with Gasteiger partial charge >= 0.3 is 0 Å². The number of hydrogen-bond acceptors (Lipinski definition) is 5. The maximum Gasteiger partial charge on any atom is 0.161 e. The first kappa shape index (κ1) is 17.5. The maximum atomic E-state index is 5.82. The van der Waals surface area contributed by atoms with Crippen LogP contribution in [0, 0.1) is 0 Å². The van der Waals surface area contributed by atoms with E-state index in [0.29, 0.717) is 13.2 Å². The molecule has 2 aromatic heterocycles. The van der Waals surface area contributed by atoms with Crippen molar-refractivity contribution in [1.29, 1.82) is 0 Å². The Morgan fingerprint density at radius 3 is 2.85 bits per heavy atom. The minimum atomic E-state index is 0.681.